The molecule has 192 valence electrons. The van der Waals surface area contributed by atoms with E-state index in [1.807, 2.05) is 6.92 Å². The van der Waals surface area contributed by atoms with E-state index in [0.717, 1.165) is 25.7 Å². The summed E-state index contributed by atoms with van der Waals surface area (Å²) in [5, 5.41) is 0. The van der Waals surface area contributed by atoms with Gasteiger partial charge in [0.25, 0.3) is 0 Å². The van der Waals surface area contributed by atoms with E-state index in [0.29, 0.717) is 106 Å². The third-order valence-corrected chi connectivity index (χ3v) is 4.16. The molecule has 9 nitrogen and oxygen atoms in total. The standard InChI is InChI=1S/C23H46O9/c1-3-5-6-7-8-23(24)32-22-21-31-20-19-30-18-17-29-16-15-28-14-13-27-12-11-26-10-9-25-4-2/h3-22H2,1-2H3. The molecule has 0 atom stereocenters. The molecular weight excluding hydrogens is 420 g/mol. The van der Waals surface area contributed by atoms with Crippen molar-refractivity contribution in [3.8, 4) is 0 Å². The summed E-state index contributed by atoms with van der Waals surface area (Å²) in [4.78, 5) is 11.5. The van der Waals surface area contributed by atoms with Crippen LogP contribution >= 0.6 is 0 Å². The summed E-state index contributed by atoms with van der Waals surface area (Å²) >= 11 is 0. The van der Waals surface area contributed by atoms with Crippen LogP contribution in [-0.2, 0) is 42.7 Å². The summed E-state index contributed by atoms with van der Waals surface area (Å²) in [6.45, 7) is 11.9. The molecule has 0 amide bonds. The topological polar surface area (TPSA) is 90.9 Å². The summed E-state index contributed by atoms with van der Waals surface area (Å²) in [5.74, 6) is -0.145. The van der Waals surface area contributed by atoms with Gasteiger partial charge in [0.15, 0.2) is 0 Å². The minimum atomic E-state index is -0.145. The van der Waals surface area contributed by atoms with Crippen molar-refractivity contribution in [3.63, 3.8) is 0 Å². The fourth-order valence-corrected chi connectivity index (χ4v) is 2.45. The quantitative estimate of drug-likeness (QED) is 0.134. The van der Waals surface area contributed by atoms with Crippen molar-refractivity contribution in [2.45, 2.75) is 46.0 Å². The van der Waals surface area contributed by atoms with E-state index in [9.17, 15) is 4.79 Å². The lowest BCUT2D eigenvalue weighted by Crippen LogP contribution is -2.15. The van der Waals surface area contributed by atoms with Gasteiger partial charge in [0.2, 0.25) is 0 Å². The highest BCUT2D eigenvalue weighted by atomic mass is 16.6. The second kappa shape index (κ2) is 28.2. The number of ether oxygens (including phenoxy) is 8. The van der Waals surface area contributed by atoms with Crippen molar-refractivity contribution < 1.29 is 42.7 Å². The average Bonchev–Trinajstić information content (AvgIpc) is 2.80. The van der Waals surface area contributed by atoms with Crippen molar-refractivity contribution in [1.82, 2.24) is 0 Å². The number of esters is 1. The molecule has 32 heavy (non-hydrogen) atoms. The Morgan fingerprint density at radius 1 is 0.469 bits per heavy atom. The molecule has 0 saturated heterocycles. The number of hydrogen-bond donors (Lipinski definition) is 0. The molecule has 0 unspecified atom stereocenters. The van der Waals surface area contributed by atoms with Crippen LogP contribution < -0.4 is 0 Å². The summed E-state index contributed by atoms with van der Waals surface area (Å²) < 4.78 is 42.6. The Kier molecular flexibility index (Phi) is 27.5. The zero-order chi connectivity index (χ0) is 23.4. The van der Waals surface area contributed by atoms with Crippen LogP contribution in [-0.4, -0.2) is 105 Å². The third-order valence-electron chi connectivity index (χ3n) is 4.16. The molecule has 0 aromatic carbocycles. The molecule has 0 heterocycles. The van der Waals surface area contributed by atoms with Gasteiger partial charge < -0.3 is 37.9 Å². The van der Waals surface area contributed by atoms with Gasteiger partial charge in [-0.25, -0.2) is 0 Å². The van der Waals surface area contributed by atoms with E-state index in [1.165, 1.54) is 0 Å². The first-order valence-corrected chi connectivity index (χ1v) is 12.0. The van der Waals surface area contributed by atoms with E-state index < -0.39 is 0 Å². The molecule has 9 heteroatoms. The van der Waals surface area contributed by atoms with E-state index in [2.05, 4.69) is 6.92 Å². The van der Waals surface area contributed by atoms with Gasteiger partial charge in [-0.3, -0.25) is 4.79 Å². The number of carbonyl (C=O) groups excluding carboxylic acids is 1. The predicted octanol–water partition coefficient (Wildman–Crippen LogP) is 2.64. The first kappa shape index (κ1) is 31.2. The van der Waals surface area contributed by atoms with Crippen LogP contribution in [0, 0.1) is 0 Å². The molecule has 0 N–H and O–H groups in total. The number of rotatable bonds is 27. The first-order chi connectivity index (χ1) is 15.8. The van der Waals surface area contributed by atoms with Gasteiger partial charge in [0.05, 0.1) is 85.9 Å². The molecule has 0 aromatic heterocycles. The van der Waals surface area contributed by atoms with E-state index in [4.69, 9.17) is 37.9 Å². The molecule has 0 aromatic rings. The number of carbonyl (C=O) groups is 1. The average molecular weight is 467 g/mol. The van der Waals surface area contributed by atoms with E-state index >= 15 is 0 Å². The number of unbranched alkanes of at least 4 members (excludes halogenated alkanes) is 3. The SMILES string of the molecule is CCCCCCC(=O)OCCOCCOCCOCCOCCOCCOCCOCC. The number of hydrogen-bond acceptors (Lipinski definition) is 9. The van der Waals surface area contributed by atoms with Gasteiger partial charge in [-0.2, -0.15) is 0 Å². The zero-order valence-electron chi connectivity index (χ0n) is 20.3. The smallest absolute Gasteiger partial charge is 0.305 e. The highest BCUT2D eigenvalue weighted by Crippen LogP contribution is 2.03. The first-order valence-electron chi connectivity index (χ1n) is 12.0. The van der Waals surface area contributed by atoms with Crippen LogP contribution in [0.1, 0.15) is 46.0 Å². The van der Waals surface area contributed by atoms with Crippen molar-refractivity contribution in [2.24, 2.45) is 0 Å². The molecule has 0 aliphatic heterocycles. The van der Waals surface area contributed by atoms with E-state index in [-0.39, 0.29) is 5.97 Å². The fraction of sp³-hybridized carbons (Fsp3) is 0.957. The molecule has 0 radical (unpaired) electrons. The minimum absolute atomic E-state index is 0.145. The molecule has 0 aliphatic carbocycles. The Hall–Kier alpha value is -0.810. The van der Waals surface area contributed by atoms with Gasteiger partial charge >= 0.3 is 5.97 Å². The van der Waals surface area contributed by atoms with Crippen molar-refractivity contribution in [2.75, 3.05) is 99.1 Å². The van der Waals surface area contributed by atoms with Crippen LogP contribution in [0.15, 0.2) is 0 Å². The molecule has 0 bridgehead atoms. The van der Waals surface area contributed by atoms with E-state index in [1.54, 1.807) is 0 Å². The summed E-state index contributed by atoms with van der Waals surface area (Å²) in [6, 6.07) is 0. The Morgan fingerprint density at radius 3 is 1.22 bits per heavy atom. The second-order valence-corrected chi connectivity index (χ2v) is 6.90. The molecule has 0 saturated carbocycles. The monoisotopic (exact) mass is 466 g/mol. The normalized spacial score (nSPS) is 11.2. The van der Waals surface area contributed by atoms with Crippen LogP contribution in [0.4, 0.5) is 0 Å². The summed E-state index contributed by atoms with van der Waals surface area (Å²) in [5.41, 5.74) is 0. The molecular formula is C23H46O9. The van der Waals surface area contributed by atoms with Gasteiger partial charge in [-0.1, -0.05) is 26.2 Å². The molecule has 0 spiro atoms. The van der Waals surface area contributed by atoms with Crippen molar-refractivity contribution in [3.05, 3.63) is 0 Å². The lowest BCUT2D eigenvalue weighted by atomic mass is 10.2. The molecule has 0 fully saturated rings. The van der Waals surface area contributed by atoms with Gasteiger partial charge in [0, 0.05) is 13.0 Å². The maximum absolute atomic E-state index is 11.5. The van der Waals surface area contributed by atoms with Gasteiger partial charge in [0.1, 0.15) is 6.61 Å². The Balaban J connectivity index is 3.07. The maximum atomic E-state index is 11.5. The fourth-order valence-electron chi connectivity index (χ4n) is 2.45. The summed E-state index contributed by atoms with van der Waals surface area (Å²) in [7, 11) is 0. The summed E-state index contributed by atoms with van der Waals surface area (Å²) in [6.07, 6.45) is 4.80. The van der Waals surface area contributed by atoms with Gasteiger partial charge in [-0.05, 0) is 13.3 Å². The highest BCUT2D eigenvalue weighted by molar-refractivity contribution is 5.69. The second-order valence-electron chi connectivity index (χ2n) is 6.90. The molecule has 0 rings (SSSR count). The highest BCUT2D eigenvalue weighted by Gasteiger charge is 2.02. The van der Waals surface area contributed by atoms with Crippen LogP contribution in [0.25, 0.3) is 0 Å². The molecule has 0 aliphatic rings. The maximum Gasteiger partial charge on any atom is 0.305 e. The van der Waals surface area contributed by atoms with Gasteiger partial charge in [-0.15, -0.1) is 0 Å². The van der Waals surface area contributed by atoms with Crippen molar-refractivity contribution in [1.29, 1.82) is 0 Å². The Labute approximate surface area is 194 Å². The largest absolute Gasteiger partial charge is 0.463 e. The van der Waals surface area contributed by atoms with Crippen LogP contribution in [0.2, 0.25) is 0 Å². The lowest BCUT2D eigenvalue weighted by molar-refractivity contribution is -0.145. The Bertz CT molecular complexity index is 369. The van der Waals surface area contributed by atoms with Crippen molar-refractivity contribution >= 4 is 5.97 Å². The lowest BCUT2D eigenvalue weighted by Gasteiger charge is -2.08. The minimum Gasteiger partial charge on any atom is -0.463 e. The third kappa shape index (κ3) is 27.2. The zero-order valence-corrected chi connectivity index (χ0v) is 20.3. The Morgan fingerprint density at radius 2 is 0.844 bits per heavy atom. The predicted molar refractivity (Wildman–Crippen MR) is 121 cm³/mol. The van der Waals surface area contributed by atoms with Crippen LogP contribution in [0.3, 0.4) is 0 Å². The van der Waals surface area contributed by atoms with Crippen LogP contribution in [0.5, 0.6) is 0 Å².